The number of allylic oxidation sites excluding steroid dienone is 1. The minimum Gasteiger partial charge on any atom is -0.413 e. The van der Waals surface area contributed by atoms with E-state index in [0.717, 1.165) is 32.6 Å². The Hall–Kier alpha value is -0.436. The minimum atomic E-state index is -1.75. The number of methoxy groups -OCH3 is 1. The van der Waals surface area contributed by atoms with Gasteiger partial charge in [-0.15, -0.1) is 0 Å². The minimum absolute atomic E-state index is 0.240. The van der Waals surface area contributed by atoms with Crippen LogP contribution >= 0.6 is 0 Å². The Morgan fingerprint density at radius 3 is 2.20 bits per heavy atom. The molecule has 1 aliphatic heterocycles. The molecule has 0 aromatic rings. The first-order valence-corrected chi connectivity index (χ1v) is 20.0. The van der Waals surface area contributed by atoms with E-state index in [-0.39, 0.29) is 5.04 Å². The molecule has 2 atom stereocenters. The van der Waals surface area contributed by atoms with Crippen molar-refractivity contribution in [1.82, 2.24) is 5.01 Å². The van der Waals surface area contributed by atoms with Gasteiger partial charge in [-0.05, 0) is 67.2 Å². The Morgan fingerprint density at radius 1 is 1.11 bits per heavy atom. The molecule has 0 aromatic heterocycles. The number of hydrogen-bond acceptors (Lipinski definition) is 4. The summed E-state index contributed by atoms with van der Waals surface area (Å²) in [6.45, 7) is 33.8. The lowest BCUT2D eigenvalue weighted by Crippen LogP contribution is -2.49. The number of ether oxygens (including phenoxy) is 1. The summed E-state index contributed by atoms with van der Waals surface area (Å²) in [4.78, 5) is 0. The Morgan fingerprint density at radius 2 is 1.71 bits per heavy atom. The highest BCUT2D eigenvalue weighted by Crippen LogP contribution is 2.52. The zero-order valence-electron chi connectivity index (χ0n) is 26.0. The van der Waals surface area contributed by atoms with Gasteiger partial charge in [0.2, 0.25) is 0 Å². The summed E-state index contributed by atoms with van der Waals surface area (Å²) in [5, 5.41) is 8.29. The van der Waals surface area contributed by atoms with Gasteiger partial charge in [-0.1, -0.05) is 80.1 Å². The van der Waals surface area contributed by atoms with Crippen molar-refractivity contribution in [3.8, 4) is 0 Å². The molecule has 0 aromatic carbocycles. The number of nitrogens with zero attached hydrogens (tertiary/aromatic N) is 2. The van der Waals surface area contributed by atoms with Crippen LogP contribution in [0.1, 0.15) is 88.0 Å². The average Bonchev–Trinajstić information content (AvgIpc) is 3.16. The van der Waals surface area contributed by atoms with Gasteiger partial charge in [0, 0.05) is 19.4 Å². The van der Waals surface area contributed by atoms with Crippen LogP contribution < -0.4 is 0 Å². The van der Waals surface area contributed by atoms with E-state index in [1.165, 1.54) is 24.1 Å². The summed E-state index contributed by atoms with van der Waals surface area (Å²) in [5.41, 5.74) is 3.36. The van der Waals surface area contributed by atoms with Crippen molar-refractivity contribution in [2.75, 3.05) is 26.9 Å². The van der Waals surface area contributed by atoms with Crippen LogP contribution in [0.2, 0.25) is 41.8 Å². The zero-order valence-corrected chi connectivity index (χ0v) is 28.0. The summed E-state index contributed by atoms with van der Waals surface area (Å²) >= 11 is 0. The summed E-state index contributed by atoms with van der Waals surface area (Å²) in [5.74, 6) is 0.643. The Bertz CT molecular complexity index is 721. The molecule has 0 radical (unpaired) electrons. The summed E-state index contributed by atoms with van der Waals surface area (Å²) in [7, 11) is -1.68. The molecule has 0 saturated carbocycles. The van der Waals surface area contributed by atoms with Crippen LogP contribution in [0.4, 0.5) is 0 Å². The van der Waals surface area contributed by atoms with E-state index < -0.39 is 16.4 Å². The molecule has 206 valence electrons. The van der Waals surface area contributed by atoms with Crippen LogP contribution in [-0.4, -0.2) is 60.0 Å². The summed E-state index contributed by atoms with van der Waals surface area (Å²) in [6.07, 6.45) is 6.85. The van der Waals surface area contributed by atoms with Crippen molar-refractivity contribution < 1.29 is 9.16 Å². The third kappa shape index (κ3) is 8.28. The van der Waals surface area contributed by atoms with Gasteiger partial charge in [0.25, 0.3) is 0 Å². The molecule has 0 N–H and O–H groups in total. The van der Waals surface area contributed by atoms with Gasteiger partial charge in [0.1, 0.15) is 0 Å². The second kappa shape index (κ2) is 12.9. The second-order valence-corrected chi connectivity index (χ2v) is 24.1. The van der Waals surface area contributed by atoms with Crippen molar-refractivity contribution in [3.05, 3.63) is 11.6 Å². The van der Waals surface area contributed by atoms with Gasteiger partial charge >= 0.3 is 0 Å². The van der Waals surface area contributed by atoms with Crippen molar-refractivity contribution in [1.29, 1.82) is 0 Å². The van der Waals surface area contributed by atoms with E-state index in [2.05, 4.69) is 99.6 Å². The quantitative estimate of drug-likeness (QED) is 0.137. The molecule has 1 heterocycles. The number of hydrazone groups is 1. The van der Waals surface area contributed by atoms with E-state index in [4.69, 9.17) is 14.3 Å². The third-order valence-electron chi connectivity index (χ3n) is 9.91. The first kappa shape index (κ1) is 32.6. The maximum atomic E-state index is 6.49. The predicted octanol–water partition coefficient (Wildman–Crippen LogP) is 8.74. The summed E-state index contributed by atoms with van der Waals surface area (Å²) < 4.78 is 12.0. The van der Waals surface area contributed by atoms with E-state index in [0.29, 0.717) is 22.5 Å². The highest BCUT2D eigenvalue weighted by atomic mass is 28.4. The monoisotopic (exact) mass is 524 g/mol. The van der Waals surface area contributed by atoms with Crippen LogP contribution in [0, 0.1) is 5.92 Å². The fraction of sp³-hybridized carbons (Fsp3) is 0.897. The van der Waals surface area contributed by atoms with Gasteiger partial charge in [-0.3, -0.25) is 5.01 Å². The van der Waals surface area contributed by atoms with Crippen molar-refractivity contribution in [2.45, 2.75) is 136 Å². The van der Waals surface area contributed by atoms with Crippen LogP contribution in [0.3, 0.4) is 0 Å². The first-order chi connectivity index (χ1) is 15.9. The standard InChI is InChI=1S/C29H60N2O2Si2/c1-15-26(30-31-19-16-17-25(31)22-32-10)27(34(11,12)29(8,9)23(2)3)21-24(4)18-20-33-35(13,14)28(5,6)7/h18,23,25,27H,15-17,19-22H2,1-14H3/b24-18+,30-26-/t25-,27-/m0/s1. The molecule has 0 bridgehead atoms. The molecule has 1 fully saturated rings. The van der Waals surface area contributed by atoms with Gasteiger partial charge in [0.15, 0.2) is 8.32 Å². The Kier molecular flexibility index (Phi) is 12.0. The van der Waals surface area contributed by atoms with Gasteiger partial charge < -0.3 is 9.16 Å². The fourth-order valence-corrected chi connectivity index (χ4v) is 10.1. The maximum absolute atomic E-state index is 6.49. The first-order valence-electron chi connectivity index (χ1n) is 14.0. The SMILES string of the molecule is CC/C(=N/N1CCC[C@H]1COC)[C@H](C/C(C)=C/CO[Si](C)(C)C(C)(C)C)[Si](C)(C)C(C)(C)C(C)C. The molecular formula is C29H60N2O2Si2. The highest BCUT2D eigenvalue weighted by Gasteiger charge is 2.48. The van der Waals surface area contributed by atoms with Gasteiger partial charge in [-0.2, -0.15) is 5.10 Å². The topological polar surface area (TPSA) is 34.1 Å². The number of hydrogen-bond donors (Lipinski definition) is 0. The lowest BCUT2D eigenvalue weighted by Gasteiger charge is -2.49. The largest absolute Gasteiger partial charge is 0.413 e. The molecule has 1 saturated heterocycles. The van der Waals surface area contributed by atoms with Crippen molar-refractivity contribution in [2.24, 2.45) is 11.0 Å². The zero-order chi connectivity index (χ0) is 27.2. The van der Waals surface area contributed by atoms with Crippen molar-refractivity contribution >= 4 is 22.1 Å². The fourth-order valence-electron chi connectivity index (χ4n) is 4.86. The molecule has 0 spiro atoms. The second-order valence-electron chi connectivity index (χ2n) is 13.8. The molecule has 6 heteroatoms. The predicted molar refractivity (Wildman–Crippen MR) is 161 cm³/mol. The summed E-state index contributed by atoms with van der Waals surface area (Å²) in [6, 6.07) is 0.416. The molecule has 0 amide bonds. The Labute approximate surface area is 221 Å². The van der Waals surface area contributed by atoms with E-state index >= 15 is 0 Å². The van der Waals surface area contributed by atoms with Crippen LogP contribution in [0.25, 0.3) is 0 Å². The van der Waals surface area contributed by atoms with Crippen LogP contribution in [0.5, 0.6) is 0 Å². The van der Waals surface area contributed by atoms with Crippen molar-refractivity contribution in [3.63, 3.8) is 0 Å². The third-order valence-corrected chi connectivity index (χ3v) is 20.6. The van der Waals surface area contributed by atoms with E-state index in [1.54, 1.807) is 0 Å². The van der Waals surface area contributed by atoms with Crippen LogP contribution in [0.15, 0.2) is 16.8 Å². The normalized spacial score (nSPS) is 20.2. The smallest absolute Gasteiger partial charge is 0.192 e. The maximum Gasteiger partial charge on any atom is 0.192 e. The molecular weight excluding hydrogens is 465 g/mol. The molecule has 0 aliphatic carbocycles. The molecule has 0 unspecified atom stereocenters. The van der Waals surface area contributed by atoms with E-state index in [1.807, 2.05) is 7.11 Å². The van der Waals surface area contributed by atoms with E-state index in [9.17, 15) is 0 Å². The molecule has 1 rings (SSSR count). The Balaban J connectivity index is 3.31. The lowest BCUT2D eigenvalue weighted by molar-refractivity contribution is 0.117. The molecule has 35 heavy (non-hydrogen) atoms. The van der Waals surface area contributed by atoms with Gasteiger partial charge in [-0.25, -0.2) is 0 Å². The lowest BCUT2D eigenvalue weighted by atomic mass is 9.99. The molecule has 4 nitrogen and oxygen atoms in total. The van der Waals surface area contributed by atoms with Gasteiger partial charge in [0.05, 0.1) is 27.3 Å². The van der Waals surface area contributed by atoms with Crippen LogP contribution in [-0.2, 0) is 9.16 Å². The molecule has 1 aliphatic rings. The highest BCUT2D eigenvalue weighted by molar-refractivity contribution is 6.84. The number of rotatable bonds is 13. The average molecular weight is 525 g/mol.